The Morgan fingerprint density at radius 3 is 2.15 bits per heavy atom. The number of ether oxygens (including phenoxy) is 1. The van der Waals surface area contributed by atoms with Gasteiger partial charge in [0.25, 0.3) is 0 Å². The molecule has 0 amide bonds. The van der Waals surface area contributed by atoms with E-state index in [4.69, 9.17) is 10.00 Å². The van der Waals surface area contributed by atoms with Gasteiger partial charge in [0.05, 0.1) is 17.2 Å². The SMILES string of the molecule is N#Cc1cccc(COC(=O)c2ccc(C(=O)c3ccccc3)cc2)c1. The molecule has 3 aromatic carbocycles. The maximum Gasteiger partial charge on any atom is 0.338 e. The first-order chi connectivity index (χ1) is 12.7. The fraction of sp³-hybridized carbons (Fsp3) is 0.0455. The Labute approximate surface area is 151 Å². The summed E-state index contributed by atoms with van der Waals surface area (Å²) in [5, 5.41) is 8.89. The summed E-state index contributed by atoms with van der Waals surface area (Å²) >= 11 is 0. The monoisotopic (exact) mass is 341 g/mol. The zero-order chi connectivity index (χ0) is 18.4. The number of esters is 1. The van der Waals surface area contributed by atoms with Crippen molar-refractivity contribution in [3.8, 4) is 6.07 Å². The molecular formula is C22H15NO3. The first-order valence-corrected chi connectivity index (χ1v) is 8.03. The van der Waals surface area contributed by atoms with Crippen molar-refractivity contribution in [1.82, 2.24) is 0 Å². The van der Waals surface area contributed by atoms with Gasteiger partial charge in [-0.2, -0.15) is 5.26 Å². The fourth-order valence-electron chi connectivity index (χ4n) is 2.48. The molecule has 0 aliphatic rings. The molecule has 0 aromatic heterocycles. The maximum atomic E-state index is 12.4. The van der Waals surface area contributed by atoms with Gasteiger partial charge in [0, 0.05) is 11.1 Å². The van der Waals surface area contributed by atoms with Gasteiger partial charge >= 0.3 is 5.97 Å². The summed E-state index contributed by atoms with van der Waals surface area (Å²) < 4.78 is 5.27. The van der Waals surface area contributed by atoms with Gasteiger partial charge in [-0.3, -0.25) is 4.79 Å². The summed E-state index contributed by atoms with van der Waals surface area (Å²) in [6.07, 6.45) is 0. The average molecular weight is 341 g/mol. The second kappa shape index (κ2) is 7.91. The van der Waals surface area contributed by atoms with Crippen molar-refractivity contribution < 1.29 is 14.3 Å². The molecule has 0 N–H and O–H groups in total. The van der Waals surface area contributed by atoms with Crippen LogP contribution in [0, 0.1) is 11.3 Å². The van der Waals surface area contributed by atoms with Crippen LogP contribution < -0.4 is 0 Å². The molecule has 0 fully saturated rings. The number of hydrogen-bond donors (Lipinski definition) is 0. The Balaban J connectivity index is 1.65. The second-order valence-electron chi connectivity index (χ2n) is 5.66. The quantitative estimate of drug-likeness (QED) is 0.516. The van der Waals surface area contributed by atoms with Crippen LogP contribution in [0.2, 0.25) is 0 Å². The minimum atomic E-state index is -0.480. The third kappa shape index (κ3) is 4.03. The molecule has 4 nitrogen and oxygen atoms in total. The van der Waals surface area contributed by atoms with Crippen molar-refractivity contribution in [2.75, 3.05) is 0 Å². The van der Waals surface area contributed by atoms with Crippen LogP contribution in [0.3, 0.4) is 0 Å². The minimum absolute atomic E-state index is 0.0824. The summed E-state index contributed by atoms with van der Waals surface area (Å²) in [7, 11) is 0. The van der Waals surface area contributed by atoms with E-state index < -0.39 is 5.97 Å². The Morgan fingerprint density at radius 2 is 1.46 bits per heavy atom. The van der Waals surface area contributed by atoms with Crippen LogP contribution in [0.1, 0.15) is 37.4 Å². The maximum absolute atomic E-state index is 12.4. The molecule has 0 saturated carbocycles. The van der Waals surface area contributed by atoms with Crippen molar-refractivity contribution in [3.05, 3.63) is 107 Å². The molecule has 0 atom stereocenters. The largest absolute Gasteiger partial charge is 0.457 e. The number of hydrogen-bond acceptors (Lipinski definition) is 4. The summed E-state index contributed by atoms with van der Waals surface area (Å²) in [5.74, 6) is -0.579. The van der Waals surface area contributed by atoms with Gasteiger partial charge in [-0.05, 0) is 29.8 Å². The van der Waals surface area contributed by atoms with Crippen LogP contribution in [-0.2, 0) is 11.3 Å². The lowest BCUT2D eigenvalue weighted by molar-refractivity contribution is 0.0472. The zero-order valence-corrected chi connectivity index (χ0v) is 13.9. The summed E-state index contributed by atoms with van der Waals surface area (Å²) in [6, 6.07) is 24.3. The fourth-order valence-corrected chi connectivity index (χ4v) is 2.48. The van der Waals surface area contributed by atoms with Crippen molar-refractivity contribution in [2.24, 2.45) is 0 Å². The zero-order valence-electron chi connectivity index (χ0n) is 13.9. The molecule has 126 valence electrons. The third-order valence-electron chi connectivity index (χ3n) is 3.84. The third-order valence-corrected chi connectivity index (χ3v) is 3.84. The van der Waals surface area contributed by atoms with Gasteiger partial charge in [-0.25, -0.2) is 4.79 Å². The van der Waals surface area contributed by atoms with E-state index in [0.717, 1.165) is 5.56 Å². The Kier molecular flexibility index (Phi) is 5.21. The summed E-state index contributed by atoms with van der Waals surface area (Å²) in [4.78, 5) is 24.5. The number of rotatable bonds is 5. The van der Waals surface area contributed by atoms with Gasteiger partial charge in [0.2, 0.25) is 0 Å². The van der Waals surface area contributed by atoms with Gasteiger partial charge in [0.1, 0.15) is 6.61 Å². The van der Waals surface area contributed by atoms with Gasteiger partial charge in [0.15, 0.2) is 5.78 Å². The Bertz CT molecular complexity index is 970. The molecule has 4 heteroatoms. The van der Waals surface area contributed by atoms with Crippen LogP contribution in [-0.4, -0.2) is 11.8 Å². The molecule has 0 aliphatic carbocycles. The standard InChI is InChI=1S/C22H15NO3/c23-14-16-5-4-6-17(13-16)15-26-22(25)20-11-9-19(10-12-20)21(24)18-7-2-1-3-8-18/h1-13H,15H2. The average Bonchev–Trinajstić information content (AvgIpc) is 2.72. The van der Waals surface area contributed by atoms with Crippen molar-refractivity contribution in [1.29, 1.82) is 5.26 Å². The van der Waals surface area contributed by atoms with E-state index in [-0.39, 0.29) is 12.4 Å². The topological polar surface area (TPSA) is 67.2 Å². The molecule has 3 aromatic rings. The Morgan fingerprint density at radius 1 is 0.808 bits per heavy atom. The van der Waals surface area contributed by atoms with E-state index in [0.29, 0.717) is 22.3 Å². The molecule has 26 heavy (non-hydrogen) atoms. The summed E-state index contributed by atoms with van der Waals surface area (Å²) in [5.41, 5.74) is 2.73. The number of nitriles is 1. The molecule has 0 heterocycles. The molecule has 0 unspecified atom stereocenters. The molecule has 0 radical (unpaired) electrons. The Hall–Kier alpha value is -3.71. The van der Waals surface area contributed by atoms with Crippen LogP contribution in [0.15, 0.2) is 78.9 Å². The van der Waals surface area contributed by atoms with E-state index in [9.17, 15) is 9.59 Å². The minimum Gasteiger partial charge on any atom is -0.457 e. The number of carbonyl (C=O) groups is 2. The van der Waals surface area contributed by atoms with E-state index in [1.54, 1.807) is 72.8 Å². The van der Waals surface area contributed by atoms with Crippen LogP contribution in [0.4, 0.5) is 0 Å². The van der Waals surface area contributed by atoms with E-state index in [2.05, 4.69) is 0 Å². The molecule has 0 saturated heterocycles. The normalized spacial score (nSPS) is 9.96. The van der Waals surface area contributed by atoms with Crippen molar-refractivity contribution in [2.45, 2.75) is 6.61 Å². The molecular weight excluding hydrogens is 326 g/mol. The smallest absolute Gasteiger partial charge is 0.338 e. The number of benzene rings is 3. The lowest BCUT2D eigenvalue weighted by Gasteiger charge is -2.06. The number of ketones is 1. The van der Waals surface area contributed by atoms with Crippen LogP contribution in [0.5, 0.6) is 0 Å². The predicted molar refractivity (Wildman–Crippen MR) is 96.6 cm³/mol. The second-order valence-corrected chi connectivity index (χ2v) is 5.66. The highest BCUT2D eigenvalue weighted by Crippen LogP contribution is 2.13. The lowest BCUT2D eigenvalue weighted by Crippen LogP contribution is -2.07. The molecule has 0 spiro atoms. The highest BCUT2D eigenvalue weighted by Gasteiger charge is 2.11. The van der Waals surface area contributed by atoms with Crippen molar-refractivity contribution >= 4 is 11.8 Å². The van der Waals surface area contributed by atoms with Crippen LogP contribution >= 0.6 is 0 Å². The highest BCUT2D eigenvalue weighted by atomic mass is 16.5. The lowest BCUT2D eigenvalue weighted by atomic mass is 10.0. The van der Waals surface area contributed by atoms with Crippen LogP contribution in [0.25, 0.3) is 0 Å². The van der Waals surface area contributed by atoms with Crippen molar-refractivity contribution in [3.63, 3.8) is 0 Å². The first kappa shape index (κ1) is 17.1. The van der Waals surface area contributed by atoms with Gasteiger partial charge in [-0.15, -0.1) is 0 Å². The van der Waals surface area contributed by atoms with Gasteiger partial charge in [-0.1, -0.05) is 54.6 Å². The molecule has 0 bridgehead atoms. The predicted octanol–water partition coefficient (Wildman–Crippen LogP) is 4.15. The summed E-state index contributed by atoms with van der Waals surface area (Å²) in [6.45, 7) is 0.0824. The van der Waals surface area contributed by atoms with E-state index in [1.165, 1.54) is 0 Å². The van der Waals surface area contributed by atoms with E-state index in [1.807, 2.05) is 12.1 Å². The molecule has 0 aliphatic heterocycles. The number of nitrogens with zero attached hydrogens (tertiary/aromatic N) is 1. The first-order valence-electron chi connectivity index (χ1n) is 8.03. The van der Waals surface area contributed by atoms with E-state index >= 15 is 0 Å². The number of carbonyl (C=O) groups excluding carboxylic acids is 2. The molecule has 3 rings (SSSR count). The highest BCUT2D eigenvalue weighted by molar-refractivity contribution is 6.09. The van der Waals surface area contributed by atoms with Gasteiger partial charge < -0.3 is 4.74 Å².